The van der Waals surface area contributed by atoms with Gasteiger partial charge in [0, 0.05) is 6.20 Å². The molecule has 4 heteroatoms. The molecule has 0 aliphatic heterocycles. The quantitative estimate of drug-likeness (QED) is 0.800. The van der Waals surface area contributed by atoms with Crippen molar-refractivity contribution in [2.45, 2.75) is 27.7 Å². The fourth-order valence-electron chi connectivity index (χ4n) is 1.39. The molecular weight excluding hydrogens is 200 g/mol. The maximum Gasteiger partial charge on any atom is 0.138 e. The van der Waals surface area contributed by atoms with Crippen molar-refractivity contribution in [1.82, 2.24) is 14.5 Å². The lowest BCUT2D eigenvalue weighted by Crippen LogP contribution is -1.98. The van der Waals surface area contributed by atoms with Crippen LogP contribution in [0.1, 0.15) is 25.4 Å². The largest absolute Gasteiger partial charge is 0.397 e. The summed E-state index contributed by atoms with van der Waals surface area (Å²) in [5, 5.41) is 0. The molecule has 16 heavy (non-hydrogen) atoms. The Balaban J connectivity index is 0.000000606. The summed E-state index contributed by atoms with van der Waals surface area (Å²) in [6.45, 7) is 7.91. The van der Waals surface area contributed by atoms with Crippen molar-refractivity contribution >= 4 is 5.69 Å². The van der Waals surface area contributed by atoms with Crippen LogP contribution in [0, 0.1) is 13.8 Å². The van der Waals surface area contributed by atoms with Crippen LogP contribution in [-0.2, 0) is 0 Å². The first-order chi connectivity index (χ1) is 7.66. The number of rotatable bonds is 1. The summed E-state index contributed by atoms with van der Waals surface area (Å²) in [6, 6.07) is 3.71. The van der Waals surface area contributed by atoms with E-state index in [0.29, 0.717) is 5.69 Å². The van der Waals surface area contributed by atoms with E-state index >= 15 is 0 Å². The summed E-state index contributed by atoms with van der Waals surface area (Å²) >= 11 is 0. The molecular formula is C12H18N4. The molecule has 0 radical (unpaired) electrons. The third kappa shape index (κ3) is 2.59. The van der Waals surface area contributed by atoms with E-state index in [1.807, 2.05) is 50.6 Å². The number of aryl methyl sites for hydroxylation is 2. The van der Waals surface area contributed by atoms with E-state index in [2.05, 4.69) is 9.97 Å². The number of aromatic nitrogens is 3. The molecule has 0 aromatic carbocycles. The average Bonchev–Trinajstić information content (AvgIpc) is 2.62. The number of nitrogens with zero attached hydrogens (tertiary/aromatic N) is 3. The molecule has 0 bridgehead atoms. The van der Waals surface area contributed by atoms with Gasteiger partial charge in [-0.05, 0) is 26.0 Å². The standard InChI is InChI=1S/C10H12N4.C2H6/c1-7-6-14(8(2)13-7)10-4-3-9(11)5-12-10;1-2/h3-6H,11H2,1-2H3;1-2H3. The number of imidazole rings is 1. The minimum absolute atomic E-state index is 0.670. The normalized spacial score (nSPS) is 9.50. The van der Waals surface area contributed by atoms with E-state index in [1.54, 1.807) is 6.20 Å². The van der Waals surface area contributed by atoms with Gasteiger partial charge in [-0.15, -0.1) is 0 Å². The molecule has 0 fully saturated rings. The molecule has 2 heterocycles. The molecule has 0 saturated heterocycles. The van der Waals surface area contributed by atoms with Crippen molar-refractivity contribution < 1.29 is 0 Å². The zero-order valence-corrected chi connectivity index (χ0v) is 10.2. The fraction of sp³-hybridized carbons (Fsp3) is 0.333. The number of anilines is 1. The third-order valence-electron chi connectivity index (χ3n) is 2.02. The van der Waals surface area contributed by atoms with Crippen LogP contribution in [0.4, 0.5) is 5.69 Å². The predicted octanol–water partition coefficient (Wildman–Crippen LogP) is 2.49. The van der Waals surface area contributed by atoms with E-state index in [1.165, 1.54) is 0 Å². The zero-order valence-electron chi connectivity index (χ0n) is 10.2. The van der Waals surface area contributed by atoms with Crippen LogP contribution in [0.15, 0.2) is 24.5 Å². The van der Waals surface area contributed by atoms with Gasteiger partial charge in [-0.1, -0.05) is 13.8 Å². The lowest BCUT2D eigenvalue weighted by Gasteiger charge is -2.02. The highest BCUT2D eigenvalue weighted by atomic mass is 15.1. The van der Waals surface area contributed by atoms with E-state index < -0.39 is 0 Å². The first kappa shape index (κ1) is 12.2. The van der Waals surface area contributed by atoms with Gasteiger partial charge in [0.15, 0.2) is 0 Å². The van der Waals surface area contributed by atoms with Crippen LogP contribution in [-0.4, -0.2) is 14.5 Å². The Labute approximate surface area is 96.2 Å². The molecule has 0 spiro atoms. The highest BCUT2D eigenvalue weighted by Gasteiger charge is 2.03. The number of pyridine rings is 1. The Bertz CT molecular complexity index is 443. The maximum absolute atomic E-state index is 5.56. The van der Waals surface area contributed by atoms with Crippen LogP contribution < -0.4 is 5.73 Å². The van der Waals surface area contributed by atoms with E-state index in [-0.39, 0.29) is 0 Å². The van der Waals surface area contributed by atoms with Gasteiger partial charge < -0.3 is 5.73 Å². The first-order valence-electron chi connectivity index (χ1n) is 5.41. The fourth-order valence-corrected chi connectivity index (χ4v) is 1.39. The van der Waals surface area contributed by atoms with Crippen molar-refractivity contribution in [3.05, 3.63) is 36.0 Å². The van der Waals surface area contributed by atoms with Gasteiger partial charge in [-0.2, -0.15) is 0 Å². The van der Waals surface area contributed by atoms with Crippen LogP contribution in [0.2, 0.25) is 0 Å². The van der Waals surface area contributed by atoms with Crippen LogP contribution in [0.25, 0.3) is 5.82 Å². The number of nitrogens with two attached hydrogens (primary N) is 1. The third-order valence-corrected chi connectivity index (χ3v) is 2.02. The number of hydrogen-bond acceptors (Lipinski definition) is 3. The lowest BCUT2D eigenvalue weighted by atomic mass is 10.4. The minimum Gasteiger partial charge on any atom is -0.397 e. The topological polar surface area (TPSA) is 56.7 Å². The molecule has 0 amide bonds. The zero-order chi connectivity index (χ0) is 12.1. The summed E-state index contributed by atoms with van der Waals surface area (Å²) in [5.74, 6) is 1.78. The van der Waals surface area contributed by atoms with Gasteiger partial charge >= 0.3 is 0 Å². The SMILES string of the molecule is CC.Cc1cn(-c2ccc(N)cn2)c(C)n1. The molecule has 0 atom stereocenters. The summed E-state index contributed by atoms with van der Waals surface area (Å²) in [7, 11) is 0. The molecule has 2 rings (SSSR count). The van der Waals surface area contributed by atoms with Crippen molar-refractivity contribution in [2.24, 2.45) is 0 Å². The highest BCUT2D eigenvalue weighted by Crippen LogP contribution is 2.10. The highest BCUT2D eigenvalue weighted by molar-refractivity contribution is 5.39. The summed E-state index contributed by atoms with van der Waals surface area (Å²) in [4.78, 5) is 8.52. The van der Waals surface area contributed by atoms with E-state index in [4.69, 9.17) is 5.73 Å². The Morgan fingerprint density at radius 1 is 1.19 bits per heavy atom. The molecule has 2 aromatic rings. The Hall–Kier alpha value is -1.84. The van der Waals surface area contributed by atoms with Crippen molar-refractivity contribution in [2.75, 3.05) is 5.73 Å². The van der Waals surface area contributed by atoms with E-state index in [0.717, 1.165) is 17.3 Å². The second-order valence-corrected chi connectivity index (χ2v) is 3.25. The maximum atomic E-state index is 5.56. The molecule has 0 unspecified atom stereocenters. The molecule has 2 aromatic heterocycles. The molecule has 86 valence electrons. The van der Waals surface area contributed by atoms with Crippen molar-refractivity contribution in [3.8, 4) is 5.82 Å². The lowest BCUT2D eigenvalue weighted by molar-refractivity contribution is 0.933. The van der Waals surface area contributed by atoms with Gasteiger partial charge in [0.05, 0.1) is 17.6 Å². The second-order valence-electron chi connectivity index (χ2n) is 3.25. The monoisotopic (exact) mass is 218 g/mol. The van der Waals surface area contributed by atoms with Crippen molar-refractivity contribution in [1.29, 1.82) is 0 Å². The van der Waals surface area contributed by atoms with Gasteiger partial charge in [0.1, 0.15) is 11.6 Å². The predicted molar refractivity (Wildman–Crippen MR) is 66.6 cm³/mol. The number of hydrogen-bond donors (Lipinski definition) is 1. The van der Waals surface area contributed by atoms with Crippen LogP contribution in [0.3, 0.4) is 0 Å². The van der Waals surface area contributed by atoms with Gasteiger partial charge in [-0.3, -0.25) is 4.57 Å². The molecule has 4 nitrogen and oxygen atoms in total. The van der Waals surface area contributed by atoms with Crippen molar-refractivity contribution in [3.63, 3.8) is 0 Å². The average molecular weight is 218 g/mol. The molecule has 0 aliphatic carbocycles. The Morgan fingerprint density at radius 3 is 2.31 bits per heavy atom. The molecule has 2 N–H and O–H groups in total. The smallest absolute Gasteiger partial charge is 0.138 e. The Kier molecular flexibility index (Phi) is 4.05. The van der Waals surface area contributed by atoms with Crippen LogP contribution >= 0.6 is 0 Å². The molecule has 0 aliphatic rings. The summed E-state index contributed by atoms with van der Waals surface area (Å²) in [5.41, 5.74) is 7.22. The van der Waals surface area contributed by atoms with Crippen LogP contribution in [0.5, 0.6) is 0 Å². The minimum atomic E-state index is 0.670. The molecule has 0 saturated carbocycles. The summed E-state index contributed by atoms with van der Waals surface area (Å²) in [6.07, 6.45) is 3.60. The van der Waals surface area contributed by atoms with Gasteiger partial charge in [0.25, 0.3) is 0 Å². The first-order valence-corrected chi connectivity index (χ1v) is 5.41. The summed E-state index contributed by atoms with van der Waals surface area (Å²) < 4.78 is 1.94. The second kappa shape index (κ2) is 5.30. The van der Waals surface area contributed by atoms with Gasteiger partial charge in [0.2, 0.25) is 0 Å². The Morgan fingerprint density at radius 2 is 1.88 bits per heavy atom. The van der Waals surface area contributed by atoms with Gasteiger partial charge in [-0.25, -0.2) is 9.97 Å². The number of nitrogen functional groups attached to an aromatic ring is 1. The van der Waals surface area contributed by atoms with E-state index in [9.17, 15) is 0 Å².